The van der Waals surface area contributed by atoms with E-state index in [9.17, 15) is 0 Å². The van der Waals surface area contributed by atoms with Crippen LogP contribution in [0.15, 0.2) is 308 Å². The molecule has 85 heavy (non-hydrogen) atoms. The highest BCUT2D eigenvalue weighted by Gasteiger charge is 2.37. The van der Waals surface area contributed by atoms with Crippen molar-refractivity contribution in [1.29, 1.82) is 0 Å². The molecular formula is C82H63BrN2. The van der Waals surface area contributed by atoms with E-state index in [0.717, 1.165) is 21.5 Å². The number of anilines is 5. The molecule has 0 aliphatic heterocycles. The summed E-state index contributed by atoms with van der Waals surface area (Å²) in [6.45, 7) is 9.33. The van der Waals surface area contributed by atoms with E-state index < -0.39 is 0 Å². The lowest BCUT2D eigenvalue weighted by Crippen LogP contribution is -2.16. The Morgan fingerprint density at radius 2 is 0.706 bits per heavy atom. The van der Waals surface area contributed by atoms with Crippen LogP contribution in [0.4, 0.5) is 28.4 Å². The highest BCUT2D eigenvalue weighted by atomic mass is 79.9. The van der Waals surface area contributed by atoms with Gasteiger partial charge < -0.3 is 10.2 Å². The summed E-state index contributed by atoms with van der Waals surface area (Å²) in [6.07, 6.45) is 0. The van der Waals surface area contributed by atoms with Crippen LogP contribution in [0.3, 0.4) is 0 Å². The van der Waals surface area contributed by atoms with Gasteiger partial charge in [-0.2, -0.15) is 0 Å². The SMILES string of the molecule is Brc1cccc2c1ccc1ccccc12.CC1(C)c2ccccc2-c2ccc(N(c3ccc(-c4ccccc4)cc3)c3cccc4c3ccc3ccccc34)cc21.CC1(C)c2ccccc2-c2ccc(Nc3ccc(-c4ccccc4)cc3)cc21. The second-order valence-corrected chi connectivity index (χ2v) is 24.3. The number of nitrogens with one attached hydrogen (secondary N) is 1. The van der Waals surface area contributed by atoms with Gasteiger partial charge in [-0.15, -0.1) is 0 Å². The Balaban J connectivity index is 0.000000127. The van der Waals surface area contributed by atoms with Gasteiger partial charge in [-0.1, -0.05) is 286 Å². The van der Waals surface area contributed by atoms with E-state index in [1.54, 1.807) is 0 Å². The molecule has 0 spiro atoms. The van der Waals surface area contributed by atoms with Crippen LogP contribution in [0.1, 0.15) is 49.9 Å². The summed E-state index contributed by atoms with van der Waals surface area (Å²) in [4.78, 5) is 2.44. The van der Waals surface area contributed by atoms with Crippen molar-refractivity contribution in [3.8, 4) is 44.5 Å². The summed E-state index contributed by atoms with van der Waals surface area (Å²) in [5, 5.41) is 13.8. The van der Waals surface area contributed by atoms with Crippen LogP contribution in [0.25, 0.3) is 87.6 Å². The minimum Gasteiger partial charge on any atom is -0.356 e. The van der Waals surface area contributed by atoms with Gasteiger partial charge in [-0.25, -0.2) is 0 Å². The topological polar surface area (TPSA) is 15.3 Å². The molecule has 0 unspecified atom stereocenters. The highest BCUT2D eigenvalue weighted by molar-refractivity contribution is 9.10. The molecule has 408 valence electrons. The lowest BCUT2D eigenvalue weighted by molar-refractivity contribution is 0.660. The molecule has 0 amide bonds. The van der Waals surface area contributed by atoms with E-state index >= 15 is 0 Å². The minimum atomic E-state index is -0.0697. The molecule has 2 aliphatic rings. The Labute approximate surface area is 507 Å². The molecule has 0 fully saturated rings. The average molecular weight is 1160 g/mol. The van der Waals surface area contributed by atoms with Gasteiger partial charge in [0.15, 0.2) is 0 Å². The first-order valence-electron chi connectivity index (χ1n) is 29.4. The van der Waals surface area contributed by atoms with E-state index in [0.29, 0.717) is 0 Å². The lowest BCUT2D eigenvalue weighted by atomic mass is 9.82. The number of rotatable bonds is 7. The molecule has 2 nitrogen and oxygen atoms in total. The molecule has 2 aliphatic carbocycles. The number of hydrogen-bond acceptors (Lipinski definition) is 2. The van der Waals surface area contributed by atoms with Crippen molar-refractivity contribution in [3.63, 3.8) is 0 Å². The monoisotopic (exact) mass is 1150 g/mol. The Hall–Kier alpha value is -9.80. The summed E-state index contributed by atoms with van der Waals surface area (Å²) in [6, 6.07) is 109. The Bertz CT molecular complexity index is 4790. The Kier molecular flexibility index (Phi) is 13.8. The number of hydrogen-bond donors (Lipinski definition) is 1. The molecule has 0 atom stereocenters. The van der Waals surface area contributed by atoms with E-state index in [1.807, 2.05) is 6.07 Å². The average Bonchev–Trinajstić information content (AvgIpc) is 2.13. The second kappa shape index (κ2) is 22.1. The number of nitrogens with zero attached hydrogens (tertiary/aromatic N) is 1. The predicted octanol–water partition coefficient (Wildman–Crippen LogP) is 23.6. The van der Waals surface area contributed by atoms with Crippen molar-refractivity contribution in [2.75, 3.05) is 10.2 Å². The third-order valence-corrected chi connectivity index (χ3v) is 18.4. The van der Waals surface area contributed by atoms with E-state index in [1.165, 1.54) is 121 Å². The van der Waals surface area contributed by atoms with Gasteiger partial charge in [-0.3, -0.25) is 0 Å². The van der Waals surface area contributed by atoms with E-state index in [4.69, 9.17) is 0 Å². The predicted molar refractivity (Wildman–Crippen MR) is 367 cm³/mol. The zero-order valence-corrected chi connectivity index (χ0v) is 49.8. The van der Waals surface area contributed by atoms with Crippen molar-refractivity contribution in [2.45, 2.75) is 38.5 Å². The van der Waals surface area contributed by atoms with Crippen LogP contribution in [0.5, 0.6) is 0 Å². The van der Waals surface area contributed by atoms with Crippen LogP contribution in [0.2, 0.25) is 0 Å². The molecule has 0 bridgehead atoms. The Morgan fingerprint density at radius 1 is 0.282 bits per heavy atom. The Morgan fingerprint density at radius 3 is 1.31 bits per heavy atom. The van der Waals surface area contributed by atoms with Crippen molar-refractivity contribution >= 4 is 87.5 Å². The molecule has 14 aromatic carbocycles. The molecule has 0 radical (unpaired) electrons. The van der Waals surface area contributed by atoms with Crippen molar-refractivity contribution in [1.82, 2.24) is 0 Å². The van der Waals surface area contributed by atoms with Crippen LogP contribution in [-0.2, 0) is 10.8 Å². The third kappa shape index (κ3) is 9.85. The quantitative estimate of drug-likeness (QED) is 0.160. The molecule has 0 aromatic heterocycles. The largest absolute Gasteiger partial charge is 0.356 e. The second-order valence-electron chi connectivity index (χ2n) is 23.4. The number of fused-ring (bicyclic) bond motifs is 12. The van der Waals surface area contributed by atoms with Crippen LogP contribution < -0.4 is 10.2 Å². The highest BCUT2D eigenvalue weighted by Crippen LogP contribution is 2.52. The fourth-order valence-corrected chi connectivity index (χ4v) is 13.7. The number of halogens is 1. The standard InChI is InChI=1S/C41H31N.C27H23N.C14H9Br/c1-41(2)38-17-9-8-15-35(38)36-26-24-32(27-39(36)41)42(31-22-19-29(20-23-31)28-11-4-3-5-12-28)40-18-10-16-34-33-14-7-6-13-30(33)21-25-37(34)40;1-27(2)25-11-7-6-10-23(25)24-17-16-22(18-26(24)27)28-21-14-12-20(13-15-21)19-8-4-3-5-9-19;15-14-7-3-6-12-11-5-2-1-4-10(11)8-9-13(12)14/h3-27H,1-2H3;3-18,28H,1-2H3;1-9H. The van der Waals surface area contributed by atoms with Crippen molar-refractivity contribution < 1.29 is 0 Å². The first kappa shape index (κ1) is 53.2. The maximum Gasteiger partial charge on any atom is 0.0540 e. The van der Waals surface area contributed by atoms with Crippen molar-refractivity contribution in [2.24, 2.45) is 0 Å². The van der Waals surface area contributed by atoms with Crippen molar-refractivity contribution in [3.05, 3.63) is 330 Å². The maximum atomic E-state index is 3.58. The van der Waals surface area contributed by atoms with E-state index in [-0.39, 0.29) is 10.8 Å². The van der Waals surface area contributed by atoms with Gasteiger partial charge in [-0.05, 0) is 165 Å². The molecule has 14 aromatic rings. The fourth-order valence-electron chi connectivity index (χ4n) is 13.2. The summed E-state index contributed by atoms with van der Waals surface area (Å²) < 4.78 is 1.16. The summed E-state index contributed by atoms with van der Waals surface area (Å²) >= 11 is 3.58. The molecule has 0 saturated carbocycles. The van der Waals surface area contributed by atoms with Crippen LogP contribution in [-0.4, -0.2) is 0 Å². The van der Waals surface area contributed by atoms with Gasteiger partial charge in [0.05, 0.1) is 5.69 Å². The fraction of sp³-hybridized carbons (Fsp3) is 0.0732. The smallest absolute Gasteiger partial charge is 0.0540 e. The third-order valence-electron chi connectivity index (χ3n) is 17.7. The van der Waals surface area contributed by atoms with Crippen LogP contribution in [0, 0.1) is 0 Å². The van der Waals surface area contributed by atoms with Gasteiger partial charge in [0.2, 0.25) is 0 Å². The summed E-state index contributed by atoms with van der Waals surface area (Å²) in [5.74, 6) is 0. The van der Waals surface area contributed by atoms with Gasteiger partial charge in [0.25, 0.3) is 0 Å². The van der Waals surface area contributed by atoms with Gasteiger partial charge in [0, 0.05) is 43.4 Å². The van der Waals surface area contributed by atoms with Gasteiger partial charge in [0.1, 0.15) is 0 Å². The van der Waals surface area contributed by atoms with E-state index in [2.05, 4.69) is 351 Å². The summed E-state index contributed by atoms with van der Waals surface area (Å²) in [7, 11) is 0. The first-order valence-corrected chi connectivity index (χ1v) is 30.2. The molecular weight excluding hydrogens is 1090 g/mol. The van der Waals surface area contributed by atoms with Gasteiger partial charge >= 0.3 is 0 Å². The molecule has 16 rings (SSSR count). The summed E-state index contributed by atoms with van der Waals surface area (Å²) in [5.41, 5.74) is 21.6. The maximum absolute atomic E-state index is 3.58. The molecule has 1 N–H and O–H groups in total. The van der Waals surface area contributed by atoms with Crippen LogP contribution >= 0.6 is 15.9 Å². The zero-order chi connectivity index (χ0) is 57.7. The number of benzene rings is 14. The molecule has 0 saturated heterocycles. The first-order chi connectivity index (χ1) is 41.6. The minimum absolute atomic E-state index is 0.0286. The lowest BCUT2D eigenvalue weighted by Gasteiger charge is -2.29. The molecule has 3 heteroatoms. The molecule has 0 heterocycles. The normalized spacial score (nSPS) is 13.0. The zero-order valence-electron chi connectivity index (χ0n) is 48.2.